The average molecular weight is 254 g/mol. The molecule has 2 aromatic carbocycles. The van der Waals surface area contributed by atoms with E-state index in [0.717, 1.165) is 11.1 Å². The second-order valence-electron chi connectivity index (χ2n) is 4.63. The van der Waals surface area contributed by atoms with Gasteiger partial charge in [0.2, 0.25) is 0 Å². The Hall–Kier alpha value is -2.16. The Labute approximate surface area is 113 Å². The van der Waals surface area contributed by atoms with Crippen molar-refractivity contribution < 1.29 is 0 Å². The molecule has 0 amide bonds. The second-order valence-corrected chi connectivity index (χ2v) is 4.63. The summed E-state index contributed by atoms with van der Waals surface area (Å²) in [5.41, 5.74) is 2.18. The van der Waals surface area contributed by atoms with Gasteiger partial charge >= 0.3 is 0 Å². The minimum absolute atomic E-state index is 0.0473. The van der Waals surface area contributed by atoms with E-state index in [2.05, 4.69) is 5.29 Å². The van der Waals surface area contributed by atoms with Crippen molar-refractivity contribution >= 4 is 0 Å². The van der Waals surface area contributed by atoms with Crippen LogP contribution in [0.1, 0.15) is 37.1 Å². The molecule has 0 radical (unpaired) electrons. The topological polar surface area (TPSA) is 32.7 Å². The molecule has 98 valence electrons. The highest BCUT2D eigenvalue weighted by Gasteiger charge is 2.22. The molecule has 2 atom stereocenters. The zero-order chi connectivity index (χ0) is 13.7. The van der Waals surface area contributed by atoms with Gasteiger partial charge in [0.15, 0.2) is 0 Å². The van der Waals surface area contributed by atoms with Crippen LogP contribution in [0.4, 0.5) is 0 Å². The first kappa shape index (κ1) is 13.3. The SMILES string of the molecule is CC(c1ccccc1)N(N=O)C(C)c1ccccc1. The first-order valence-electron chi connectivity index (χ1n) is 6.45. The molecule has 0 aliphatic rings. The van der Waals surface area contributed by atoms with E-state index in [1.165, 1.54) is 0 Å². The monoisotopic (exact) mass is 254 g/mol. The molecule has 0 heterocycles. The average Bonchev–Trinajstić information content (AvgIpc) is 2.49. The number of hydrogen-bond donors (Lipinski definition) is 0. The van der Waals surface area contributed by atoms with Gasteiger partial charge in [-0.05, 0) is 25.0 Å². The lowest BCUT2D eigenvalue weighted by molar-refractivity contribution is 0.158. The van der Waals surface area contributed by atoms with Gasteiger partial charge in [-0.2, -0.15) is 0 Å². The summed E-state index contributed by atoms with van der Waals surface area (Å²) in [5.74, 6) is 0. The second kappa shape index (κ2) is 6.14. The fourth-order valence-electron chi connectivity index (χ4n) is 2.25. The van der Waals surface area contributed by atoms with Gasteiger partial charge in [-0.15, -0.1) is 4.91 Å². The minimum atomic E-state index is -0.0473. The van der Waals surface area contributed by atoms with Crippen molar-refractivity contribution in [2.45, 2.75) is 25.9 Å². The highest BCUT2D eigenvalue weighted by Crippen LogP contribution is 2.30. The third-order valence-corrected chi connectivity index (χ3v) is 3.45. The fourth-order valence-corrected chi connectivity index (χ4v) is 2.25. The molecule has 3 nitrogen and oxygen atoms in total. The van der Waals surface area contributed by atoms with Crippen LogP contribution >= 0.6 is 0 Å². The highest BCUT2D eigenvalue weighted by molar-refractivity contribution is 5.21. The Morgan fingerprint density at radius 2 is 1.16 bits per heavy atom. The van der Waals surface area contributed by atoms with Gasteiger partial charge in [0.1, 0.15) is 0 Å². The molecule has 19 heavy (non-hydrogen) atoms. The number of nitroso groups, excluding NO2 is 1. The quantitative estimate of drug-likeness (QED) is 0.581. The molecule has 0 aromatic heterocycles. The highest BCUT2D eigenvalue weighted by atomic mass is 16.3. The Bertz CT molecular complexity index is 467. The van der Waals surface area contributed by atoms with Gasteiger partial charge in [0, 0.05) is 0 Å². The maximum atomic E-state index is 11.2. The Balaban J connectivity index is 2.23. The molecule has 0 spiro atoms. The molecule has 0 saturated carbocycles. The van der Waals surface area contributed by atoms with E-state index in [-0.39, 0.29) is 12.1 Å². The minimum Gasteiger partial charge on any atom is -0.247 e. The Morgan fingerprint density at radius 1 is 0.789 bits per heavy atom. The summed E-state index contributed by atoms with van der Waals surface area (Å²) in [4.78, 5) is 11.2. The maximum Gasteiger partial charge on any atom is 0.0730 e. The largest absolute Gasteiger partial charge is 0.247 e. The molecular formula is C16H18N2O. The van der Waals surface area contributed by atoms with E-state index < -0.39 is 0 Å². The van der Waals surface area contributed by atoms with Crippen molar-refractivity contribution in [2.24, 2.45) is 5.29 Å². The molecule has 2 rings (SSSR count). The van der Waals surface area contributed by atoms with Crippen molar-refractivity contribution in [3.05, 3.63) is 76.7 Å². The number of nitrogens with zero attached hydrogens (tertiary/aromatic N) is 2. The van der Waals surface area contributed by atoms with Crippen LogP contribution in [0.25, 0.3) is 0 Å². The van der Waals surface area contributed by atoms with Gasteiger partial charge in [-0.25, -0.2) is 5.01 Å². The van der Waals surface area contributed by atoms with Crippen molar-refractivity contribution in [1.82, 2.24) is 5.01 Å². The van der Waals surface area contributed by atoms with Gasteiger partial charge in [-0.3, -0.25) is 0 Å². The van der Waals surface area contributed by atoms with E-state index in [1.54, 1.807) is 5.01 Å². The zero-order valence-electron chi connectivity index (χ0n) is 11.2. The molecule has 0 bridgehead atoms. The molecule has 2 unspecified atom stereocenters. The van der Waals surface area contributed by atoms with Crippen molar-refractivity contribution in [1.29, 1.82) is 0 Å². The summed E-state index contributed by atoms with van der Waals surface area (Å²) in [5, 5.41) is 4.83. The molecular weight excluding hydrogens is 236 g/mol. The van der Waals surface area contributed by atoms with E-state index >= 15 is 0 Å². The van der Waals surface area contributed by atoms with Crippen LogP contribution in [0.15, 0.2) is 65.9 Å². The third kappa shape index (κ3) is 2.99. The van der Waals surface area contributed by atoms with Crippen LogP contribution in [-0.2, 0) is 0 Å². The molecule has 0 aliphatic carbocycles. The van der Waals surface area contributed by atoms with Gasteiger partial charge < -0.3 is 0 Å². The predicted molar refractivity (Wildman–Crippen MR) is 77.3 cm³/mol. The summed E-state index contributed by atoms with van der Waals surface area (Å²) in [6.45, 7) is 3.99. The molecule has 0 saturated heterocycles. The molecule has 3 heteroatoms. The normalized spacial score (nSPS) is 13.6. The standard InChI is InChI=1S/C16H18N2O/c1-13(15-9-5-3-6-10-15)18(17-19)14(2)16-11-7-4-8-12-16/h3-14H,1-2H3. The third-order valence-electron chi connectivity index (χ3n) is 3.45. The van der Waals surface area contributed by atoms with Gasteiger partial charge in [0.25, 0.3) is 0 Å². The van der Waals surface area contributed by atoms with Crippen LogP contribution in [0, 0.1) is 4.91 Å². The van der Waals surface area contributed by atoms with Gasteiger partial charge in [-0.1, -0.05) is 60.7 Å². The van der Waals surface area contributed by atoms with Crippen molar-refractivity contribution in [2.75, 3.05) is 0 Å². The van der Waals surface area contributed by atoms with E-state index in [4.69, 9.17) is 0 Å². The van der Waals surface area contributed by atoms with Crippen LogP contribution in [0.2, 0.25) is 0 Å². The molecule has 0 aliphatic heterocycles. The summed E-state index contributed by atoms with van der Waals surface area (Å²) in [6.07, 6.45) is 0. The zero-order valence-corrected chi connectivity index (χ0v) is 11.2. The maximum absolute atomic E-state index is 11.2. The lowest BCUT2D eigenvalue weighted by Gasteiger charge is -2.29. The lowest BCUT2D eigenvalue weighted by atomic mass is 10.0. The first-order valence-corrected chi connectivity index (χ1v) is 6.45. The first-order chi connectivity index (χ1) is 9.24. The summed E-state index contributed by atoms with van der Waals surface area (Å²) in [6, 6.07) is 19.8. The van der Waals surface area contributed by atoms with Crippen LogP contribution < -0.4 is 0 Å². The predicted octanol–water partition coefficient (Wildman–Crippen LogP) is 4.49. The summed E-state index contributed by atoms with van der Waals surface area (Å²) >= 11 is 0. The van der Waals surface area contributed by atoms with E-state index in [0.29, 0.717) is 0 Å². The Morgan fingerprint density at radius 3 is 1.47 bits per heavy atom. The number of hydrogen-bond acceptors (Lipinski definition) is 2. The van der Waals surface area contributed by atoms with Gasteiger partial charge in [0.05, 0.1) is 17.4 Å². The summed E-state index contributed by atoms with van der Waals surface area (Å²) < 4.78 is 0. The Kier molecular flexibility index (Phi) is 4.29. The van der Waals surface area contributed by atoms with Crippen molar-refractivity contribution in [3.63, 3.8) is 0 Å². The van der Waals surface area contributed by atoms with E-state index in [9.17, 15) is 4.91 Å². The smallest absolute Gasteiger partial charge is 0.0730 e. The van der Waals surface area contributed by atoms with Crippen LogP contribution in [-0.4, -0.2) is 5.01 Å². The molecule has 0 fully saturated rings. The lowest BCUT2D eigenvalue weighted by Crippen LogP contribution is -2.24. The number of benzene rings is 2. The summed E-state index contributed by atoms with van der Waals surface area (Å²) in [7, 11) is 0. The van der Waals surface area contributed by atoms with E-state index in [1.807, 2.05) is 74.5 Å². The molecule has 0 N–H and O–H groups in total. The number of rotatable bonds is 5. The van der Waals surface area contributed by atoms with Crippen LogP contribution in [0.5, 0.6) is 0 Å². The van der Waals surface area contributed by atoms with Crippen LogP contribution in [0.3, 0.4) is 0 Å². The fraction of sp³-hybridized carbons (Fsp3) is 0.250. The van der Waals surface area contributed by atoms with Crippen molar-refractivity contribution in [3.8, 4) is 0 Å². The molecule has 2 aromatic rings.